The molecule has 0 spiro atoms. The van der Waals surface area contributed by atoms with E-state index in [2.05, 4.69) is 10.2 Å². The van der Waals surface area contributed by atoms with Crippen molar-refractivity contribution in [2.45, 2.75) is 26.2 Å². The summed E-state index contributed by atoms with van der Waals surface area (Å²) >= 11 is 0. The van der Waals surface area contributed by atoms with E-state index in [0.29, 0.717) is 12.4 Å². The van der Waals surface area contributed by atoms with E-state index in [9.17, 15) is 18.0 Å². The van der Waals surface area contributed by atoms with Crippen molar-refractivity contribution in [2.75, 3.05) is 0 Å². The topological polar surface area (TPSA) is 52.7 Å². The summed E-state index contributed by atoms with van der Waals surface area (Å²) in [4.78, 5) is 11.7. The molecule has 0 radical (unpaired) electrons. The Morgan fingerprint density at radius 3 is 2.53 bits per heavy atom. The van der Waals surface area contributed by atoms with Crippen LogP contribution in [0.1, 0.15) is 11.4 Å². The normalized spacial score (nSPS) is 11.8. The van der Waals surface area contributed by atoms with Crippen LogP contribution in [0.3, 0.4) is 0 Å². The summed E-state index contributed by atoms with van der Waals surface area (Å²) in [5.41, 5.74) is -2.20. The third kappa shape index (κ3) is 2.83. The van der Waals surface area contributed by atoms with Crippen LogP contribution in [0, 0.1) is 6.92 Å². The molecular formula is C11H11F3N4O. The highest BCUT2D eigenvalue weighted by Gasteiger charge is 2.34. The number of hydrogen-bond acceptors (Lipinski definition) is 3. The minimum Gasteiger partial charge on any atom is -0.316 e. The highest BCUT2D eigenvalue weighted by Crippen LogP contribution is 2.25. The zero-order valence-electron chi connectivity index (χ0n) is 10.1. The molecule has 0 aliphatic carbocycles. The van der Waals surface area contributed by atoms with Gasteiger partial charge in [-0.25, -0.2) is 0 Å². The van der Waals surface area contributed by atoms with Gasteiger partial charge in [0.05, 0.1) is 0 Å². The van der Waals surface area contributed by atoms with Crippen molar-refractivity contribution in [3.05, 3.63) is 46.4 Å². The van der Waals surface area contributed by atoms with Crippen LogP contribution in [-0.2, 0) is 19.3 Å². The van der Waals surface area contributed by atoms with Gasteiger partial charge in [-0.3, -0.25) is 4.79 Å². The second kappa shape index (κ2) is 4.87. The molecule has 0 aliphatic heterocycles. The molecule has 0 unspecified atom stereocenters. The number of hydrogen-bond donors (Lipinski definition) is 0. The lowest BCUT2D eigenvalue weighted by atomic mass is 10.2. The molecule has 2 rings (SSSR count). The molecule has 0 bridgehead atoms. The van der Waals surface area contributed by atoms with Gasteiger partial charge in [-0.05, 0) is 19.1 Å². The largest absolute Gasteiger partial charge is 0.421 e. The molecule has 0 amide bonds. The van der Waals surface area contributed by atoms with Gasteiger partial charge < -0.3 is 9.13 Å². The Hall–Kier alpha value is -2.12. The van der Waals surface area contributed by atoms with Gasteiger partial charge in [0.25, 0.3) is 5.56 Å². The quantitative estimate of drug-likeness (QED) is 0.850. The molecule has 0 fully saturated rings. The number of alkyl halides is 3. The predicted octanol–water partition coefficient (Wildman–Crippen LogP) is 1.47. The van der Waals surface area contributed by atoms with Gasteiger partial charge >= 0.3 is 6.18 Å². The van der Waals surface area contributed by atoms with Gasteiger partial charge in [-0.15, -0.1) is 10.2 Å². The fourth-order valence-corrected chi connectivity index (χ4v) is 1.68. The fourth-order valence-electron chi connectivity index (χ4n) is 1.68. The van der Waals surface area contributed by atoms with Crippen molar-refractivity contribution in [3.63, 3.8) is 0 Å². The smallest absolute Gasteiger partial charge is 0.316 e. The van der Waals surface area contributed by atoms with Crippen molar-refractivity contribution >= 4 is 0 Å². The molecule has 5 nitrogen and oxygen atoms in total. The molecule has 0 saturated heterocycles. The van der Waals surface area contributed by atoms with Crippen LogP contribution < -0.4 is 5.56 Å². The number of aryl methyl sites for hydroxylation is 3. The predicted molar refractivity (Wildman–Crippen MR) is 60.5 cm³/mol. The molecule has 102 valence electrons. The van der Waals surface area contributed by atoms with Crippen LogP contribution >= 0.6 is 0 Å². The molecular weight excluding hydrogens is 261 g/mol. The van der Waals surface area contributed by atoms with Crippen molar-refractivity contribution < 1.29 is 13.2 Å². The lowest BCUT2D eigenvalue weighted by Gasteiger charge is -2.10. The summed E-state index contributed by atoms with van der Waals surface area (Å²) in [5, 5.41) is 7.41. The first-order valence-corrected chi connectivity index (χ1v) is 5.50. The van der Waals surface area contributed by atoms with Crippen molar-refractivity contribution in [2.24, 2.45) is 0 Å². The molecule has 0 aromatic carbocycles. The SMILES string of the molecule is Cc1nncn1CCn1cccc(C(F)(F)F)c1=O. The van der Waals surface area contributed by atoms with Crippen molar-refractivity contribution in [1.29, 1.82) is 0 Å². The van der Waals surface area contributed by atoms with Crippen LogP contribution in [0.4, 0.5) is 13.2 Å². The second-order valence-electron chi connectivity index (χ2n) is 3.99. The Labute approximate surface area is 106 Å². The van der Waals surface area contributed by atoms with Gasteiger partial charge in [-0.2, -0.15) is 13.2 Å². The molecule has 2 aromatic heterocycles. The van der Waals surface area contributed by atoms with Crippen LogP contribution in [0.25, 0.3) is 0 Å². The minimum atomic E-state index is -4.63. The van der Waals surface area contributed by atoms with Crippen molar-refractivity contribution in [1.82, 2.24) is 19.3 Å². The molecule has 2 heterocycles. The first kappa shape index (κ1) is 13.3. The van der Waals surface area contributed by atoms with Crippen LogP contribution in [0.5, 0.6) is 0 Å². The average Bonchev–Trinajstić information content (AvgIpc) is 2.72. The van der Waals surface area contributed by atoms with E-state index in [1.165, 1.54) is 18.6 Å². The molecule has 0 saturated carbocycles. The summed E-state index contributed by atoms with van der Waals surface area (Å²) in [6.07, 6.45) is -1.84. The van der Waals surface area contributed by atoms with E-state index in [0.717, 1.165) is 10.6 Å². The van der Waals surface area contributed by atoms with E-state index in [4.69, 9.17) is 0 Å². The van der Waals surface area contributed by atoms with E-state index in [1.54, 1.807) is 11.5 Å². The van der Waals surface area contributed by atoms with E-state index in [1.807, 2.05) is 0 Å². The molecule has 0 atom stereocenters. The number of halogens is 3. The summed E-state index contributed by atoms with van der Waals surface area (Å²) in [6.45, 7) is 2.18. The molecule has 0 N–H and O–H groups in total. The Kier molecular flexibility index (Phi) is 3.41. The van der Waals surface area contributed by atoms with Gasteiger partial charge in [0.15, 0.2) is 0 Å². The first-order chi connectivity index (χ1) is 8.89. The highest BCUT2D eigenvalue weighted by molar-refractivity contribution is 5.13. The molecule has 2 aromatic rings. The van der Waals surface area contributed by atoms with E-state index < -0.39 is 17.3 Å². The van der Waals surface area contributed by atoms with Crippen LogP contribution in [0.15, 0.2) is 29.5 Å². The van der Waals surface area contributed by atoms with Gasteiger partial charge in [0.1, 0.15) is 17.7 Å². The summed E-state index contributed by atoms with van der Waals surface area (Å²) in [6, 6.07) is 1.99. The third-order valence-electron chi connectivity index (χ3n) is 2.72. The maximum Gasteiger partial charge on any atom is 0.421 e. The van der Waals surface area contributed by atoms with Gasteiger partial charge in [0.2, 0.25) is 0 Å². The van der Waals surface area contributed by atoms with Crippen molar-refractivity contribution in [3.8, 4) is 0 Å². The average molecular weight is 272 g/mol. The Morgan fingerprint density at radius 2 is 1.95 bits per heavy atom. The Bertz CT molecular complexity index is 629. The lowest BCUT2D eigenvalue weighted by molar-refractivity contribution is -0.139. The zero-order valence-corrected chi connectivity index (χ0v) is 10.1. The second-order valence-corrected chi connectivity index (χ2v) is 3.99. The molecule has 8 heteroatoms. The fraction of sp³-hybridized carbons (Fsp3) is 0.364. The minimum absolute atomic E-state index is 0.127. The lowest BCUT2D eigenvalue weighted by Crippen LogP contribution is -2.29. The standard InChI is InChI=1S/C11H11F3N4O/c1-8-16-15-7-18(8)6-5-17-4-2-3-9(10(17)19)11(12,13)14/h2-4,7H,5-6H2,1H3. The van der Waals surface area contributed by atoms with E-state index in [-0.39, 0.29) is 6.54 Å². The van der Waals surface area contributed by atoms with Crippen LogP contribution in [-0.4, -0.2) is 19.3 Å². The third-order valence-corrected chi connectivity index (χ3v) is 2.72. The summed E-state index contributed by atoms with van der Waals surface area (Å²) in [5.74, 6) is 0.639. The number of pyridine rings is 1. The Balaban J connectivity index is 2.23. The monoisotopic (exact) mass is 272 g/mol. The number of aromatic nitrogens is 4. The number of rotatable bonds is 3. The van der Waals surface area contributed by atoms with Crippen LogP contribution in [0.2, 0.25) is 0 Å². The maximum atomic E-state index is 12.6. The molecule has 19 heavy (non-hydrogen) atoms. The maximum absolute atomic E-state index is 12.6. The first-order valence-electron chi connectivity index (χ1n) is 5.50. The van der Waals surface area contributed by atoms with Gasteiger partial charge in [0, 0.05) is 19.3 Å². The summed E-state index contributed by atoms with van der Waals surface area (Å²) < 4.78 is 40.4. The summed E-state index contributed by atoms with van der Waals surface area (Å²) in [7, 11) is 0. The van der Waals surface area contributed by atoms with Gasteiger partial charge in [-0.1, -0.05) is 0 Å². The zero-order chi connectivity index (χ0) is 14.0. The molecule has 0 aliphatic rings. The highest BCUT2D eigenvalue weighted by atomic mass is 19.4. The van der Waals surface area contributed by atoms with E-state index >= 15 is 0 Å². The Morgan fingerprint density at radius 1 is 1.26 bits per heavy atom. The number of nitrogens with zero attached hydrogens (tertiary/aromatic N) is 4.